The van der Waals surface area contributed by atoms with Crippen molar-refractivity contribution in [3.63, 3.8) is 0 Å². The third-order valence-corrected chi connectivity index (χ3v) is 16.1. The lowest BCUT2D eigenvalue weighted by Crippen LogP contribution is -2.52. The van der Waals surface area contributed by atoms with E-state index < -0.39 is 47.0 Å². The highest BCUT2D eigenvalue weighted by atomic mass is 16.7. The van der Waals surface area contributed by atoms with E-state index in [4.69, 9.17) is 19.2 Å². The van der Waals surface area contributed by atoms with Crippen LogP contribution >= 0.6 is 0 Å². The van der Waals surface area contributed by atoms with Gasteiger partial charge >= 0.3 is 11.9 Å². The molecule has 376 valence electrons. The average molecular weight is 953 g/mol. The summed E-state index contributed by atoms with van der Waals surface area (Å²) >= 11 is 0. The number of benzene rings is 2. The Morgan fingerprint density at radius 1 is 0.957 bits per heavy atom. The van der Waals surface area contributed by atoms with Crippen LogP contribution in [0.3, 0.4) is 0 Å². The number of hydrogen-bond acceptors (Lipinski definition) is 13. The first-order chi connectivity index (χ1) is 32.6. The number of allylic oxidation sites excluding steroid dienone is 4. The number of rotatable bonds is 3. The second-order valence-electron chi connectivity index (χ2n) is 22.3. The minimum absolute atomic E-state index is 0.0147. The van der Waals surface area contributed by atoms with Gasteiger partial charge in [0.05, 0.1) is 29.0 Å². The van der Waals surface area contributed by atoms with Crippen LogP contribution < -0.4 is 20.8 Å². The Bertz CT molecular complexity index is 2560. The zero-order valence-electron chi connectivity index (χ0n) is 42.6. The molecule has 0 unspecified atom stereocenters. The first-order valence-corrected chi connectivity index (χ1v) is 25.5. The molecule has 3 saturated heterocycles. The number of ketones is 1. The maximum Gasteiger partial charge on any atom is 0.410 e. The zero-order chi connectivity index (χ0) is 49.7. The Balaban J connectivity index is 1.16. The Kier molecular flexibility index (Phi) is 14.4. The maximum absolute atomic E-state index is 14.9. The summed E-state index contributed by atoms with van der Waals surface area (Å²) in [4.78, 5) is 59.3. The van der Waals surface area contributed by atoms with Crippen molar-refractivity contribution < 1.29 is 43.9 Å². The van der Waals surface area contributed by atoms with E-state index in [0.29, 0.717) is 56.0 Å². The number of piperidine rings is 3. The van der Waals surface area contributed by atoms with Crippen LogP contribution in [0.2, 0.25) is 0 Å². The number of aliphatic hydroxyl groups excluding tert-OH is 1. The number of nitrogens with one attached hydrogen (secondary N) is 1. The summed E-state index contributed by atoms with van der Waals surface area (Å²) < 4.78 is 19.1. The van der Waals surface area contributed by atoms with E-state index in [1.807, 2.05) is 37.8 Å². The summed E-state index contributed by atoms with van der Waals surface area (Å²) in [6, 6.07) is 0. The highest BCUT2D eigenvalue weighted by Crippen LogP contribution is 2.51. The fraction of sp³-hybridized carbons (Fsp3) is 0.648. The third-order valence-electron chi connectivity index (χ3n) is 16.1. The SMILES string of the molecule is C/C1=C/C=C/[C@H](C)C[C@@H](C)[C@@H](O)[C@@H](C)[C@H](OC(=O)N2CCCC3(CCN(C)CC3)C2)[C@H](C)C/C=C/O[C@@]2(C)Oc3c(C)c(O)c4c(O)c(c5c(c4c3C2=O)NC2(CCN(CC(C)C)CC2)N=5)=NC1=O. The molecule has 7 aliphatic rings. The lowest BCUT2D eigenvalue weighted by molar-refractivity contribution is -0.114. The Hall–Kier alpha value is -4.99. The minimum atomic E-state index is -1.87. The Morgan fingerprint density at radius 2 is 1.67 bits per heavy atom. The van der Waals surface area contributed by atoms with Gasteiger partial charge in [0.15, 0.2) is 5.75 Å². The van der Waals surface area contributed by atoms with Crippen LogP contribution in [0.4, 0.5) is 10.5 Å². The number of carbonyl (C=O) groups is 3. The van der Waals surface area contributed by atoms with Crippen LogP contribution in [0.5, 0.6) is 17.2 Å². The van der Waals surface area contributed by atoms with Gasteiger partial charge in [-0.15, -0.1) is 0 Å². The minimum Gasteiger partial charge on any atom is -0.507 e. The molecule has 7 heterocycles. The number of anilines is 1. The van der Waals surface area contributed by atoms with E-state index >= 15 is 0 Å². The number of phenols is 2. The number of phenolic OH excluding ortho intramolecular Hbond substituents is 2. The van der Waals surface area contributed by atoms with Gasteiger partial charge in [0.2, 0.25) is 0 Å². The smallest absolute Gasteiger partial charge is 0.410 e. The third kappa shape index (κ3) is 9.89. The van der Waals surface area contributed by atoms with Crippen molar-refractivity contribution in [3.8, 4) is 17.2 Å². The molecule has 0 aliphatic carbocycles. The van der Waals surface area contributed by atoms with Crippen LogP contribution in [0, 0.1) is 41.9 Å². The molecule has 0 radical (unpaired) electrons. The molecule has 69 heavy (non-hydrogen) atoms. The predicted molar refractivity (Wildman–Crippen MR) is 265 cm³/mol. The molecule has 2 aromatic rings. The molecule has 4 N–H and O–H groups in total. The van der Waals surface area contributed by atoms with Gasteiger partial charge in [-0.25, -0.2) is 9.79 Å². The summed E-state index contributed by atoms with van der Waals surface area (Å²) in [7, 11) is 2.15. The van der Waals surface area contributed by atoms with Gasteiger partial charge in [-0.2, -0.15) is 0 Å². The largest absolute Gasteiger partial charge is 0.507 e. The van der Waals surface area contributed by atoms with Crippen molar-refractivity contribution in [2.75, 3.05) is 58.2 Å². The number of Topliss-reactive ketones (excluding diaryl/α,β-unsaturated/α-hetero) is 1. The number of aromatic hydroxyl groups is 2. The second kappa shape index (κ2) is 19.7. The maximum atomic E-state index is 14.9. The second-order valence-corrected chi connectivity index (χ2v) is 22.3. The van der Waals surface area contributed by atoms with Crippen LogP contribution in [-0.4, -0.2) is 124 Å². The van der Waals surface area contributed by atoms with Crippen LogP contribution in [0.15, 0.2) is 46.1 Å². The van der Waals surface area contributed by atoms with Crippen molar-refractivity contribution in [1.82, 2.24) is 14.7 Å². The number of hydrogen-bond donors (Lipinski definition) is 4. The normalized spacial score (nSPS) is 31.7. The number of amides is 2. The lowest BCUT2D eigenvalue weighted by Gasteiger charge is -2.47. The molecular weight excluding hydrogens is 877 g/mol. The van der Waals surface area contributed by atoms with Gasteiger partial charge in [0, 0.05) is 74.9 Å². The summed E-state index contributed by atoms with van der Waals surface area (Å²) in [6.07, 6.45) is 13.2. The monoisotopic (exact) mass is 953 g/mol. The van der Waals surface area contributed by atoms with Crippen molar-refractivity contribution in [2.45, 2.75) is 137 Å². The van der Waals surface area contributed by atoms with Gasteiger partial charge in [-0.1, -0.05) is 59.8 Å². The standard InChI is InChI=1S/C54H76N6O9/c1-31(2)29-59-25-20-54(21-26-59)56-41-38-39-45(62)37(8)48-40(38)49(64)52(9,69-48)67-27-12-16-33(4)47(68-51(66)60-22-13-17-53(30-60)18-23-58(10)24-19-53)36(7)44(61)35(6)28-32(3)14-11-15-34(5)50(65)55-43(46(39)63)42(41)57-54/h11-12,14-15,27,31-33,35-36,44,47,56,61-63H,13,16-26,28-30H2,1-10H3/b14-11+,27-12+,34-15-,55-43?/t32-,33+,35+,36+,44+,47+,52-/m0/s1. The first kappa shape index (κ1) is 50.4. The molecule has 3 fully saturated rings. The van der Waals surface area contributed by atoms with E-state index in [0.717, 1.165) is 58.4 Å². The molecule has 2 amide bonds. The molecule has 7 aliphatic heterocycles. The van der Waals surface area contributed by atoms with E-state index in [1.165, 1.54) is 13.2 Å². The van der Waals surface area contributed by atoms with E-state index in [1.54, 1.807) is 26.0 Å². The Labute approximate surface area is 407 Å². The quantitative estimate of drug-likeness (QED) is 0.222. The Morgan fingerprint density at radius 3 is 2.36 bits per heavy atom. The van der Waals surface area contributed by atoms with Gasteiger partial charge in [0.1, 0.15) is 34.0 Å². The molecule has 2 spiro atoms. The molecular formula is C54H76N6O9. The van der Waals surface area contributed by atoms with Crippen molar-refractivity contribution in [2.24, 2.45) is 45.0 Å². The van der Waals surface area contributed by atoms with Crippen LogP contribution in [0.25, 0.3) is 10.8 Å². The molecule has 5 bridgehead atoms. The van der Waals surface area contributed by atoms with Crippen LogP contribution in [0.1, 0.15) is 123 Å². The van der Waals surface area contributed by atoms with E-state index in [2.05, 4.69) is 47.9 Å². The molecule has 7 atom stereocenters. The predicted octanol–water partition coefficient (Wildman–Crippen LogP) is 7.54. The molecule has 15 nitrogen and oxygen atoms in total. The lowest BCUT2D eigenvalue weighted by atomic mass is 9.72. The van der Waals surface area contributed by atoms with Crippen molar-refractivity contribution in [1.29, 1.82) is 0 Å². The zero-order valence-corrected chi connectivity index (χ0v) is 42.6. The fourth-order valence-corrected chi connectivity index (χ4v) is 11.9. The topological polar surface area (TPSA) is 186 Å². The van der Waals surface area contributed by atoms with Crippen molar-refractivity contribution >= 4 is 34.2 Å². The van der Waals surface area contributed by atoms with Gasteiger partial charge in [-0.05, 0) is 108 Å². The summed E-state index contributed by atoms with van der Waals surface area (Å²) in [5.74, 6) is -4.06. The van der Waals surface area contributed by atoms with Gasteiger partial charge in [-0.3, -0.25) is 14.6 Å². The summed E-state index contributed by atoms with van der Waals surface area (Å²) in [5, 5.41) is 40.0. The molecule has 0 saturated carbocycles. The van der Waals surface area contributed by atoms with E-state index in [9.17, 15) is 29.7 Å². The number of aliphatic hydroxyl groups is 1. The number of nitrogens with zero attached hydrogens (tertiary/aromatic N) is 5. The number of ether oxygens (including phenoxy) is 3. The van der Waals surface area contributed by atoms with E-state index in [-0.39, 0.29) is 73.4 Å². The average Bonchev–Trinajstić information content (AvgIpc) is 3.81. The fourth-order valence-electron chi connectivity index (χ4n) is 11.9. The number of carbonyl (C=O) groups excluding carboxylic acids is 3. The number of likely N-dealkylation sites (tertiary alicyclic amines) is 3. The van der Waals surface area contributed by atoms with Gasteiger partial charge in [0.25, 0.3) is 11.7 Å². The first-order valence-electron chi connectivity index (χ1n) is 25.5. The summed E-state index contributed by atoms with van der Waals surface area (Å²) in [5.41, 5.74) is 0.271. The highest BCUT2D eigenvalue weighted by molar-refractivity contribution is 6.21. The van der Waals surface area contributed by atoms with Crippen LogP contribution in [-0.2, 0) is 14.3 Å². The van der Waals surface area contributed by atoms with Crippen molar-refractivity contribution in [3.05, 3.63) is 58.0 Å². The van der Waals surface area contributed by atoms with Gasteiger partial charge < -0.3 is 49.5 Å². The molecule has 15 heteroatoms. The highest BCUT2D eigenvalue weighted by Gasteiger charge is 2.51. The number of fused-ring (bicyclic) bond motifs is 13. The molecule has 9 rings (SSSR count). The molecule has 0 aromatic heterocycles. The molecule has 2 aromatic carbocycles. The summed E-state index contributed by atoms with van der Waals surface area (Å²) in [6.45, 7) is 22.9.